The fourth-order valence-corrected chi connectivity index (χ4v) is 7.10. The molecule has 31 heavy (non-hydrogen) atoms. The minimum Gasteiger partial charge on any atom is -0.448 e. The number of nitrogens with zero attached hydrogens (tertiary/aromatic N) is 3. The van der Waals surface area contributed by atoms with Crippen molar-refractivity contribution in [1.82, 2.24) is 9.31 Å². The largest absolute Gasteiger partial charge is 0.448 e. The first kappa shape index (κ1) is 19.7. The number of hydrogen-bond donors (Lipinski definition) is 0. The zero-order chi connectivity index (χ0) is 22.0. The molecule has 0 saturated carbocycles. The van der Waals surface area contributed by atoms with Crippen LogP contribution in [0.1, 0.15) is 37.0 Å². The van der Waals surface area contributed by atoms with Crippen LogP contribution in [0.4, 0.5) is 4.79 Å². The van der Waals surface area contributed by atoms with Crippen molar-refractivity contribution in [1.29, 1.82) is 0 Å². The molecule has 0 aromatic heterocycles. The Hall–Kier alpha value is -3.20. The fraction of sp³-hybridized carbons (Fsp3) is 0.318. The Morgan fingerprint density at radius 2 is 1.87 bits per heavy atom. The Balaban J connectivity index is 1.84. The normalized spacial score (nSPS) is 25.0. The van der Waals surface area contributed by atoms with Gasteiger partial charge in [-0.05, 0) is 31.4 Å². The Bertz CT molecular complexity index is 1260. The van der Waals surface area contributed by atoms with Crippen molar-refractivity contribution in [2.24, 2.45) is 11.0 Å². The number of ether oxygens (including phenoxy) is 1. The van der Waals surface area contributed by atoms with E-state index in [2.05, 4.69) is 5.10 Å². The predicted molar refractivity (Wildman–Crippen MR) is 111 cm³/mol. The maximum atomic E-state index is 13.5. The molecule has 0 radical (unpaired) electrons. The second-order valence-corrected chi connectivity index (χ2v) is 9.51. The first-order valence-electron chi connectivity index (χ1n) is 10.1. The van der Waals surface area contributed by atoms with Crippen LogP contribution in [-0.4, -0.2) is 42.1 Å². The highest BCUT2D eigenvalue weighted by Crippen LogP contribution is 2.57. The molecule has 2 aromatic rings. The topological polar surface area (TPSA) is 96.3 Å². The van der Waals surface area contributed by atoms with Gasteiger partial charge in [-0.2, -0.15) is 10.1 Å². The monoisotopic (exact) mass is 439 g/mol. The summed E-state index contributed by atoms with van der Waals surface area (Å²) in [5.41, 5.74) is 1.25. The summed E-state index contributed by atoms with van der Waals surface area (Å²) in [4.78, 5) is 26.0. The molecule has 2 aliphatic heterocycles. The number of amides is 2. The van der Waals surface area contributed by atoms with Crippen LogP contribution in [0.3, 0.4) is 0 Å². The molecule has 3 aliphatic rings. The zero-order valence-electron chi connectivity index (χ0n) is 17.1. The van der Waals surface area contributed by atoms with E-state index in [1.54, 1.807) is 25.1 Å². The van der Waals surface area contributed by atoms with E-state index in [1.807, 2.05) is 24.3 Å². The molecule has 0 fully saturated rings. The smallest absolute Gasteiger partial charge is 0.433 e. The van der Waals surface area contributed by atoms with Crippen LogP contribution in [0.2, 0.25) is 0 Å². The van der Waals surface area contributed by atoms with Gasteiger partial charge in [0.25, 0.3) is 10.0 Å². The highest BCUT2D eigenvalue weighted by atomic mass is 32.2. The molecular weight excluding hydrogens is 418 g/mol. The number of rotatable bonds is 1. The second kappa shape index (κ2) is 6.65. The minimum absolute atomic E-state index is 0.00908. The third kappa shape index (κ3) is 2.40. The zero-order valence-corrected chi connectivity index (χ0v) is 17.9. The van der Waals surface area contributed by atoms with Crippen LogP contribution in [-0.2, 0) is 31.6 Å². The van der Waals surface area contributed by atoms with Gasteiger partial charge in [0, 0.05) is 18.1 Å². The lowest BCUT2D eigenvalue weighted by Gasteiger charge is -2.43. The number of benzene rings is 2. The summed E-state index contributed by atoms with van der Waals surface area (Å²) in [5.74, 6) is -1.20. The molecule has 0 saturated heterocycles. The summed E-state index contributed by atoms with van der Waals surface area (Å²) in [6, 6.07) is 14.2. The summed E-state index contributed by atoms with van der Waals surface area (Å²) < 4.78 is 33.1. The number of carbonyl (C=O) groups excluding carboxylic acids is 2. The Kier molecular flexibility index (Phi) is 4.23. The van der Waals surface area contributed by atoms with Crippen molar-refractivity contribution in [2.45, 2.75) is 37.2 Å². The molecule has 9 heteroatoms. The van der Waals surface area contributed by atoms with E-state index in [1.165, 1.54) is 13.0 Å². The number of aryl methyl sites for hydroxylation is 1. The van der Waals surface area contributed by atoms with Gasteiger partial charge in [-0.1, -0.05) is 42.5 Å². The average Bonchev–Trinajstić information content (AvgIpc) is 3.19. The molecule has 1 aliphatic carbocycles. The van der Waals surface area contributed by atoms with Gasteiger partial charge in [0.15, 0.2) is 5.66 Å². The maximum absolute atomic E-state index is 13.5. The molecular formula is C22H21N3O5S. The van der Waals surface area contributed by atoms with Gasteiger partial charge in [0.2, 0.25) is 5.91 Å². The molecule has 2 atom stereocenters. The molecule has 2 aromatic carbocycles. The lowest BCUT2D eigenvalue weighted by atomic mass is 9.73. The molecule has 160 valence electrons. The number of fused-ring (bicyclic) bond motifs is 6. The molecule has 2 amide bonds. The number of hydrogen-bond acceptors (Lipinski definition) is 6. The second-order valence-electron chi connectivity index (χ2n) is 7.76. The van der Waals surface area contributed by atoms with Crippen LogP contribution in [0.25, 0.3) is 0 Å². The summed E-state index contributed by atoms with van der Waals surface area (Å²) in [6.45, 7) is 2.95. The summed E-state index contributed by atoms with van der Waals surface area (Å²) in [6.07, 6.45) is 0.408. The van der Waals surface area contributed by atoms with Crippen LogP contribution >= 0.6 is 0 Å². The van der Waals surface area contributed by atoms with Crippen molar-refractivity contribution < 1.29 is 22.7 Å². The molecule has 2 unspecified atom stereocenters. The van der Waals surface area contributed by atoms with Gasteiger partial charge in [0.1, 0.15) is 0 Å². The van der Waals surface area contributed by atoms with Crippen molar-refractivity contribution in [2.75, 3.05) is 6.61 Å². The molecule has 5 rings (SSSR count). The van der Waals surface area contributed by atoms with Gasteiger partial charge in [0.05, 0.1) is 23.1 Å². The fourth-order valence-electron chi connectivity index (χ4n) is 5.15. The first-order valence-corrected chi connectivity index (χ1v) is 11.6. The van der Waals surface area contributed by atoms with E-state index in [0.717, 1.165) is 20.4 Å². The molecule has 0 bridgehead atoms. The van der Waals surface area contributed by atoms with E-state index in [0.29, 0.717) is 24.1 Å². The van der Waals surface area contributed by atoms with Gasteiger partial charge in [-0.15, -0.1) is 0 Å². The summed E-state index contributed by atoms with van der Waals surface area (Å²) in [5, 5.41) is 5.69. The van der Waals surface area contributed by atoms with E-state index in [-0.39, 0.29) is 11.5 Å². The quantitative estimate of drug-likeness (QED) is 0.681. The first-order chi connectivity index (χ1) is 14.8. The lowest BCUT2D eigenvalue weighted by molar-refractivity contribution is -0.135. The van der Waals surface area contributed by atoms with Crippen LogP contribution < -0.4 is 0 Å². The van der Waals surface area contributed by atoms with Crippen molar-refractivity contribution >= 4 is 27.7 Å². The number of hydrazone groups is 1. The summed E-state index contributed by atoms with van der Waals surface area (Å²) in [7, 11) is -4.19. The predicted octanol–water partition coefficient (Wildman–Crippen LogP) is 2.83. The number of sulfonamides is 1. The van der Waals surface area contributed by atoms with Gasteiger partial charge >= 0.3 is 6.09 Å². The van der Waals surface area contributed by atoms with E-state index in [9.17, 15) is 18.0 Å². The molecule has 0 N–H and O–H groups in total. The highest BCUT2D eigenvalue weighted by molar-refractivity contribution is 7.90. The van der Waals surface area contributed by atoms with Crippen LogP contribution in [0.5, 0.6) is 0 Å². The average molecular weight is 439 g/mol. The molecule has 2 heterocycles. The maximum Gasteiger partial charge on any atom is 0.433 e. The van der Waals surface area contributed by atoms with E-state index >= 15 is 0 Å². The minimum atomic E-state index is -4.19. The van der Waals surface area contributed by atoms with E-state index < -0.39 is 33.6 Å². The van der Waals surface area contributed by atoms with Gasteiger partial charge in [-0.3, -0.25) is 4.79 Å². The van der Waals surface area contributed by atoms with Crippen LogP contribution in [0, 0.1) is 5.92 Å². The lowest BCUT2D eigenvalue weighted by Crippen LogP contribution is -2.60. The highest BCUT2D eigenvalue weighted by Gasteiger charge is 2.68. The summed E-state index contributed by atoms with van der Waals surface area (Å²) >= 11 is 0. The third-order valence-electron chi connectivity index (χ3n) is 6.18. The standard InChI is InChI=1S/C22H21N3O5S/c1-3-30-21(27)24-22(18-13-12-15-8-4-5-9-16(15)20(18)23-24)17-10-6-7-11-19(17)31(28,29)25(22)14(2)26/h4-11,18H,3,12-13H2,1-2H3. The van der Waals surface area contributed by atoms with Crippen molar-refractivity contribution in [3.05, 3.63) is 65.2 Å². The van der Waals surface area contributed by atoms with Gasteiger partial charge in [-0.25, -0.2) is 17.5 Å². The number of carbonyl (C=O) groups is 2. The van der Waals surface area contributed by atoms with Crippen molar-refractivity contribution in [3.8, 4) is 0 Å². The van der Waals surface area contributed by atoms with Gasteiger partial charge < -0.3 is 4.74 Å². The van der Waals surface area contributed by atoms with Crippen LogP contribution in [0.15, 0.2) is 58.5 Å². The van der Waals surface area contributed by atoms with E-state index in [4.69, 9.17) is 4.74 Å². The Morgan fingerprint density at radius 1 is 1.16 bits per heavy atom. The Morgan fingerprint density at radius 3 is 2.61 bits per heavy atom. The molecule has 1 spiro atoms. The van der Waals surface area contributed by atoms with Crippen molar-refractivity contribution in [3.63, 3.8) is 0 Å². The molecule has 8 nitrogen and oxygen atoms in total. The SMILES string of the molecule is CCOC(=O)N1N=C2c3ccccc3CCC2C12c1ccccc1S(=O)(=O)N2C(C)=O. The third-order valence-corrected chi connectivity index (χ3v) is 8.11. The Labute approximate surface area is 180 Å².